The molecule has 1 fully saturated rings. The first-order valence-corrected chi connectivity index (χ1v) is 8.34. The van der Waals surface area contributed by atoms with Crippen LogP contribution in [0.25, 0.3) is 0 Å². The maximum absolute atomic E-state index is 11.7. The summed E-state index contributed by atoms with van der Waals surface area (Å²) in [6.45, 7) is 0.399. The molecule has 2 rings (SSSR count). The molecule has 1 aromatic rings. The third-order valence-electron chi connectivity index (χ3n) is 3.45. The lowest BCUT2D eigenvalue weighted by Gasteiger charge is -2.07. The molecule has 0 aromatic heterocycles. The topological polar surface area (TPSA) is 38.3 Å². The molecule has 0 radical (unpaired) electrons. The second-order valence-corrected chi connectivity index (χ2v) is 6.31. The summed E-state index contributed by atoms with van der Waals surface area (Å²) in [5.74, 6) is 7.43. The Morgan fingerprint density at radius 1 is 1.33 bits per heavy atom. The standard InChI is InChI=1S/C17H21NO2S/c1-20-15-10-8-14(9-11-15)5-4-12-18-17(19)13-21-16-6-2-3-7-16/h8-11,16H,2-3,6-7,12-13H2,1H3,(H,18,19). The summed E-state index contributed by atoms with van der Waals surface area (Å²) in [7, 11) is 1.64. The van der Waals surface area contributed by atoms with Gasteiger partial charge in [-0.1, -0.05) is 24.7 Å². The van der Waals surface area contributed by atoms with Crippen LogP contribution < -0.4 is 10.1 Å². The first-order chi connectivity index (χ1) is 10.3. The van der Waals surface area contributed by atoms with E-state index >= 15 is 0 Å². The van der Waals surface area contributed by atoms with Gasteiger partial charge in [-0.3, -0.25) is 4.79 Å². The fraction of sp³-hybridized carbons (Fsp3) is 0.471. The lowest BCUT2D eigenvalue weighted by molar-refractivity contribution is -0.118. The summed E-state index contributed by atoms with van der Waals surface area (Å²) in [6.07, 6.45) is 5.14. The Morgan fingerprint density at radius 3 is 2.71 bits per heavy atom. The van der Waals surface area contributed by atoms with Crippen molar-refractivity contribution in [3.05, 3.63) is 29.8 Å². The zero-order valence-corrected chi connectivity index (χ0v) is 13.2. The van der Waals surface area contributed by atoms with Gasteiger partial charge in [0.15, 0.2) is 0 Å². The smallest absolute Gasteiger partial charge is 0.230 e. The van der Waals surface area contributed by atoms with E-state index < -0.39 is 0 Å². The van der Waals surface area contributed by atoms with Gasteiger partial charge in [0, 0.05) is 10.8 Å². The van der Waals surface area contributed by atoms with Crippen molar-refractivity contribution in [3.8, 4) is 17.6 Å². The number of nitrogens with one attached hydrogen (secondary N) is 1. The Balaban J connectivity index is 1.66. The highest BCUT2D eigenvalue weighted by molar-refractivity contribution is 8.00. The molecule has 0 aliphatic heterocycles. The minimum atomic E-state index is 0.0796. The molecular formula is C17H21NO2S. The SMILES string of the molecule is COc1ccc(C#CCNC(=O)CSC2CCCC2)cc1. The van der Waals surface area contributed by atoms with E-state index in [9.17, 15) is 4.79 Å². The van der Waals surface area contributed by atoms with Crippen molar-refractivity contribution >= 4 is 17.7 Å². The molecule has 1 amide bonds. The van der Waals surface area contributed by atoms with Gasteiger partial charge in [-0.15, -0.1) is 11.8 Å². The van der Waals surface area contributed by atoms with Gasteiger partial charge in [-0.05, 0) is 37.1 Å². The molecule has 1 aliphatic rings. The summed E-state index contributed by atoms with van der Waals surface area (Å²) in [6, 6.07) is 7.56. The zero-order valence-electron chi connectivity index (χ0n) is 12.4. The Labute approximate surface area is 130 Å². The van der Waals surface area contributed by atoms with Crippen LogP contribution in [0.1, 0.15) is 31.2 Å². The number of carbonyl (C=O) groups is 1. The molecule has 0 spiro atoms. The Morgan fingerprint density at radius 2 is 2.05 bits per heavy atom. The van der Waals surface area contributed by atoms with Crippen LogP contribution in [0.5, 0.6) is 5.75 Å². The third-order valence-corrected chi connectivity index (χ3v) is 4.82. The fourth-order valence-corrected chi connectivity index (χ4v) is 3.42. The molecule has 1 aromatic carbocycles. The molecule has 0 unspecified atom stereocenters. The third kappa shape index (κ3) is 5.73. The minimum absolute atomic E-state index is 0.0796. The predicted molar refractivity (Wildman–Crippen MR) is 87.6 cm³/mol. The maximum Gasteiger partial charge on any atom is 0.230 e. The maximum atomic E-state index is 11.7. The number of carbonyl (C=O) groups excluding carboxylic acids is 1. The van der Waals surface area contributed by atoms with Crippen LogP contribution >= 0.6 is 11.8 Å². The Bertz CT molecular complexity index is 510. The van der Waals surface area contributed by atoms with E-state index in [-0.39, 0.29) is 5.91 Å². The minimum Gasteiger partial charge on any atom is -0.497 e. The summed E-state index contributed by atoms with van der Waals surface area (Å²) in [5, 5.41) is 3.52. The van der Waals surface area contributed by atoms with Crippen LogP contribution in [0.15, 0.2) is 24.3 Å². The first-order valence-electron chi connectivity index (χ1n) is 7.29. The van der Waals surface area contributed by atoms with Gasteiger partial charge in [0.05, 0.1) is 19.4 Å². The second kappa shape index (κ2) is 8.63. The van der Waals surface area contributed by atoms with Crippen LogP contribution in [0.2, 0.25) is 0 Å². The summed E-state index contributed by atoms with van der Waals surface area (Å²) < 4.78 is 5.09. The van der Waals surface area contributed by atoms with Crippen LogP contribution in [-0.4, -0.2) is 30.6 Å². The number of hydrogen-bond donors (Lipinski definition) is 1. The molecule has 0 saturated heterocycles. The molecule has 0 atom stereocenters. The number of methoxy groups -OCH3 is 1. The first kappa shape index (κ1) is 15.8. The van der Waals surface area contributed by atoms with E-state index in [1.54, 1.807) is 18.9 Å². The summed E-state index contributed by atoms with van der Waals surface area (Å²) in [5.41, 5.74) is 0.922. The van der Waals surface area contributed by atoms with E-state index in [0.717, 1.165) is 11.3 Å². The van der Waals surface area contributed by atoms with E-state index in [1.165, 1.54) is 25.7 Å². The van der Waals surface area contributed by atoms with Crippen molar-refractivity contribution in [1.29, 1.82) is 0 Å². The quantitative estimate of drug-likeness (QED) is 0.850. The van der Waals surface area contributed by atoms with Gasteiger partial charge in [-0.2, -0.15) is 0 Å². The molecule has 1 aliphatic carbocycles. The molecule has 112 valence electrons. The Kier molecular flexibility index (Phi) is 6.49. The van der Waals surface area contributed by atoms with Crippen LogP contribution in [0.4, 0.5) is 0 Å². The predicted octanol–water partition coefficient (Wildman–Crippen LogP) is 2.84. The number of hydrogen-bond acceptors (Lipinski definition) is 3. The average molecular weight is 303 g/mol. The van der Waals surface area contributed by atoms with Crippen LogP contribution in [-0.2, 0) is 4.79 Å². The van der Waals surface area contributed by atoms with Crippen LogP contribution in [0, 0.1) is 11.8 Å². The number of amides is 1. The Hall–Kier alpha value is -1.60. The molecule has 3 nitrogen and oxygen atoms in total. The van der Waals surface area contributed by atoms with Gasteiger partial charge < -0.3 is 10.1 Å². The average Bonchev–Trinajstić information content (AvgIpc) is 3.03. The van der Waals surface area contributed by atoms with Gasteiger partial charge in [0.25, 0.3) is 0 Å². The lowest BCUT2D eigenvalue weighted by atomic mass is 10.2. The molecule has 21 heavy (non-hydrogen) atoms. The monoisotopic (exact) mass is 303 g/mol. The van der Waals surface area contributed by atoms with Crippen molar-refractivity contribution in [1.82, 2.24) is 5.32 Å². The van der Waals surface area contributed by atoms with Gasteiger partial charge in [-0.25, -0.2) is 0 Å². The van der Waals surface area contributed by atoms with Crippen molar-refractivity contribution in [3.63, 3.8) is 0 Å². The molecule has 4 heteroatoms. The fourth-order valence-electron chi connectivity index (χ4n) is 2.26. The van der Waals surface area contributed by atoms with E-state index in [1.807, 2.05) is 24.3 Å². The lowest BCUT2D eigenvalue weighted by Crippen LogP contribution is -2.26. The van der Waals surface area contributed by atoms with Crippen molar-refractivity contribution in [2.75, 3.05) is 19.4 Å². The summed E-state index contributed by atoms with van der Waals surface area (Å²) >= 11 is 1.78. The normalized spacial score (nSPS) is 14.3. The number of benzene rings is 1. The second-order valence-electron chi connectivity index (χ2n) is 5.02. The number of thioether (sulfide) groups is 1. The highest BCUT2D eigenvalue weighted by Gasteiger charge is 2.16. The molecule has 0 heterocycles. The molecule has 1 N–H and O–H groups in total. The van der Waals surface area contributed by atoms with Gasteiger partial charge in [0.1, 0.15) is 5.75 Å². The largest absolute Gasteiger partial charge is 0.497 e. The molecular weight excluding hydrogens is 282 g/mol. The van der Waals surface area contributed by atoms with E-state index in [2.05, 4.69) is 17.2 Å². The van der Waals surface area contributed by atoms with Crippen LogP contribution in [0.3, 0.4) is 0 Å². The zero-order chi connectivity index (χ0) is 14.9. The number of ether oxygens (including phenoxy) is 1. The summed E-state index contributed by atoms with van der Waals surface area (Å²) in [4.78, 5) is 11.7. The van der Waals surface area contributed by atoms with E-state index in [0.29, 0.717) is 17.5 Å². The van der Waals surface area contributed by atoms with Crippen molar-refractivity contribution in [2.24, 2.45) is 0 Å². The highest BCUT2D eigenvalue weighted by Crippen LogP contribution is 2.28. The number of rotatable bonds is 5. The van der Waals surface area contributed by atoms with Crippen molar-refractivity contribution in [2.45, 2.75) is 30.9 Å². The van der Waals surface area contributed by atoms with Crippen molar-refractivity contribution < 1.29 is 9.53 Å². The molecule has 1 saturated carbocycles. The molecule has 0 bridgehead atoms. The van der Waals surface area contributed by atoms with Gasteiger partial charge >= 0.3 is 0 Å². The highest BCUT2D eigenvalue weighted by atomic mass is 32.2. The van der Waals surface area contributed by atoms with Gasteiger partial charge in [0.2, 0.25) is 5.91 Å². The van der Waals surface area contributed by atoms with E-state index in [4.69, 9.17) is 4.74 Å².